The van der Waals surface area contributed by atoms with Crippen molar-refractivity contribution in [2.75, 3.05) is 31.6 Å². The number of hydrogen-bond donors (Lipinski definition) is 2. The lowest BCUT2D eigenvalue weighted by Crippen LogP contribution is -2.43. The van der Waals surface area contributed by atoms with Gasteiger partial charge >= 0.3 is 10.2 Å². The maximum absolute atomic E-state index is 13.3. The smallest absolute Gasteiger partial charge is 0.323 e. The number of aromatic nitrogens is 2. The highest BCUT2D eigenvalue weighted by molar-refractivity contribution is 7.87. The van der Waals surface area contributed by atoms with Gasteiger partial charge in [0.15, 0.2) is 0 Å². The highest BCUT2D eigenvalue weighted by atomic mass is 32.2. The summed E-state index contributed by atoms with van der Waals surface area (Å²) in [5.74, 6) is -0.284. The molecule has 3 heterocycles. The number of halogens is 1. The molecule has 0 spiro atoms. The number of hydrogen-bond acceptors (Lipinski definition) is 6. The van der Waals surface area contributed by atoms with Crippen LogP contribution in [0.15, 0.2) is 42.5 Å². The molecule has 2 aliphatic rings. The van der Waals surface area contributed by atoms with Crippen LogP contribution in [0.1, 0.15) is 24.5 Å². The first-order valence-corrected chi connectivity index (χ1v) is 11.6. The number of nitrogens with one attached hydrogen (secondary N) is 1. The van der Waals surface area contributed by atoms with Gasteiger partial charge in [0.2, 0.25) is 0 Å². The van der Waals surface area contributed by atoms with Gasteiger partial charge in [0.05, 0.1) is 36.4 Å². The van der Waals surface area contributed by atoms with Crippen molar-refractivity contribution >= 4 is 32.5 Å². The van der Waals surface area contributed by atoms with Crippen molar-refractivity contribution in [1.29, 1.82) is 0 Å². The fourth-order valence-electron chi connectivity index (χ4n) is 3.94. The molecule has 2 N–H and O–H groups in total. The molecule has 2 fully saturated rings. The van der Waals surface area contributed by atoms with Crippen molar-refractivity contribution in [3.8, 4) is 0 Å². The van der Waals surface area contributed by atoms with E-state index in [1.54, 1.807) is 24.3 Å². The Balaban J connectivity index is 1.54. The van der Waals surface area contributed by atoms with Crippen LogP contribution < -0.4 is 5.32 Å². The molecule has 31 heavy (non-hydrogen) atoms. The van der Waals surface area contributed by atoms with Gasteiger partial charge in [-0.25, -0.2) is 4.39 Å². The number of rotatable bonds is 5. The van der Waals surface area contributed by atoms with Crippen molar-refractivity contribution in [1.82, 2.24) is 13.5 Å². The molecular formula is C21H23FN4O4S. The number of aliphatic hydroxyl groups excluding tert-OH is 1. The van der Waals surface area contributed by atoms with E-state index < -0.39 is 16.3 Å². The molecule has 8 nitrogen and oxygen atoms in total. The summed E-state index contributed by atoms with van der Waals surface area (Å²) < 4.78 is 47.6. The minimum Gasteiger partial charge on any atom is -0.393 e. The molecule has 0 aliphatic carbocycles. The first-order valence-electron chi connectivity index (χ1n) is 10.2. The first kappa shape index (κ1) is 20.4. The standard InChI is InChI=1S/C21H23FN4O4S/c22-15-1-3-16(4-2-15)23-17-5-6-20-19(11-17)21(14-12-30-13-14)24-26(20)31(28,29)25-9-7-18(27)8-10-25/h1-6,11,14,18,23,27H,7-10,12-13H2. The van der Waals surface area contributed by atoms with Crippen molar-refractivity contribution in [3.63, 3.8) is 0 Å². The van der Waals surface area contributed by atoms with Gasteiger partial charge in [0.25, 0.3) is 0 Å². The van der Waals surface area contributed by atoms with Crippen molar-refractivity contribution in [2.45, 2.75) is 24.9 Å². The zero-order chi connectivity index (χ0) is 21.6. The van der Waals surface area contributed by atoms with E-state index in [0.717, 1.165) is 20.8 Å². The third-order valence-electron chi connectivity index (χ3n) is 5.80. The largest absolute Gasteiger partial charge is 0.393 e. The van der Waals surface area contributed by atoms with Crippen LogP contribution in [0, 0.1) is 5.82 Å². The average molecular weight is 447 g/mol. The zero-order valence-electron chi connectivity index (χ0n) is 16.7. The molecule has 0 radical (unpaired) electrons. The third kappa shape index (κ3) is 3.80. The molecule has 164 valence electrons. The number of nitrogens with zero attached hydrogens (tertiary/aromatic N) is 3. The Kier molecular flexibility index (Phi) is 5.17. The Bertz CT molecular complexity index is 1200. The van der Waals surface area contributed by atoms with Crippen LogP contribution in [0.25, 0.3) is 10.9 Å². The number of ether oxygens (including phenoxy) is 1. The van der Waals surface area contributed by atoms with Crippen LogP contribution in [-0.2, 0) is 14.9 Å². The van der Waals surface area contributed by atoms with Gasteiger partial charge in [0.1, 0.15) is 5.82 Å². The van der Waals surface area contributed by atoms with E-state index in [4.69, 9.17) is 4.74 Å². The monoisotopic (exact) mass is 446 g/mol. The Morgan fingerprint density at radius 2 is 1.74 bits per heavy atom. The summed E-state index contributed by atoms with van der Waals surface area (Å²) in [6, 6.07) is 11.4. The van der Waals surface area contributed by atoms with Gasteiger partial charge in [-0.3, -0.25) is 0 Å². The summed E-state index contributed by atoms with van der Waals surface area (Å²) in [5, 5.41) is 18.2. The van der Waals surface area contributed by atoms with Gasteiger partial charge in [-0.05, 0) is 55.3 Å². The Hall–Kier alpha value is -2.53. The lowest BCUT2D eigenvalue weighted by molar-refractivity contribution is 0.00716. The zero-order valence-corrected chi connectivity index (χ0v) is 17.6. The van der Waals surface area contributed by atoms with Gasteiger partial charge in [-0.2, -0.15) is 17.8 Å². The molecule has 0 saturated carbocycles. The van der Waals surface area contributed by atoms with Crippen LogP contribution in [0.2, 0.25) is 0 Å². The van der Waals surface area contributed by atoms with Gasteiger partial charge < -0.3 is 15.2 Å². The minimum atomic E-state index is -3.86. The second kappa shape index (κ2) is 7.86. The number of fused-ring (bicyclic) bond motifs is 1. The normalized spacial score (nSPS) is 18.9. The maximum atomic E-state index is 13.3. The van der Waals surface area contributed by atoms with Crippen LogP contribution >= 0.6 is 0 Å². The molecule has 2 aromatic carbocycles. The lowest BCUT2D eigenvalue weighted by atomic mass is 10.0. The molecule has 0 amide bonds. The van der Waals surface area contributed by atoms with Crippen LogP contribution in [0.4, 0.5) is 15.8 Å². The number of piperidine rings is 1. The summed E-state index contributed by atoms with van der Waals surface area (Å²) in [5.41, 5.74) is 2.65. The number of benzene rings is 2. The predicted octanol–water partition coefficient (Wildman–Crippen LogP) is 2.58. The number of aliphatic hydroxyl groups is 1. The summed E-state index contributed by atoms with van der Waals surface area (Å²) in [6.07, 6.45) is 0.352. The van der Waals surface area contributed by atoms with Crippen LogP contribution in [0.3, 0.4) is 0 Å². The lowest BCUT2D eigenvalue weighted by Gasteiger charge is -2.28. The average Bonchev–Trinajstić information content (AvgIpc) is 3.08. The Labute approximate surface area is 179 Å². The first-order chi connectivity index (χ1) is 14.9. The maximum Gasteiger partial charge on any atom is 0.323 e. The molecule has 5 rings (SSSR count). The fraction of sp³-hybridized carbons (Fsp3) is 0.381. The second-order valence-corrected chi connectivity index (χ2v) is 9.72. The predicted molar refractivity (Wildman–Crippen MR) is 114 cm³/mol. The van der Waals surface area contributed by atoms with E-state index in [-0.39, 0.29) is 24.8 Å². The van der Waals surface area contributed by atoms with E-state index in [1.807, 2.05) is 6.07 Å². The molecule has 0 atom stereocenters. The van der Waals surface area contributed by atoms with E-state index >= 15 is 0 Å². The van der Waals surface area contributed by atoms with E-state index in [0.29, 0.717) is 37.3 Å². The third-order valence-corrected chi connectivity index (χ3v) is 7.54. The summed E-state index contributed by atoms with van der Waals surface area (Å²) >= 11 is 0. The quantitative estimate of drug-likeness (QED) is 0.625. The minimum absolute atomic E-state index is 0.0307. The number of anilines is 2. The van der Waals surface area contributed by atoms with Crippen LogP contribution in [-0.4, -0.2) is 59.4 Å². The Morgan fingerprint density at radius 1 is 1.06 bits per heavy atom. The molecule has 10 heteroatoms. The summed E-state index contributed by atoms with van der Waals surface area (Å²) in [4.78, 5) is 0. The summed E-state index contributed by atoms with van der Waals surface area (Å²) in [6.45, 7) is 1.52. The van der Waals surface area contributed by atoms with E-state index in [2.05, 4.69) is 10.4 Å². The molecular weight excluding hydrogens is 423 g/mol. The van der Waals surface area contributed by atoms with Gasteiger partial charge in [-0.1, -0.05) is 0 Å². The topological polar surface area (TPSA) is 96.7 Å². The molecule has 3 aromatic rings. The SMILES string of the molecule is O=S(=O)(N1CCC(O)CC1)n1nc(C2COC2)c2cc(Nc3ccc(F)cc3)ccc21. The highest BCUT2D eigenvalue weighted by Crippen LogP contribution is 2.33. The molecule has 0 bridgehead atoms. The van der Waals surface area contributed by atoms with E-state index in [1.165, 1.54) is 16.4 Å². The Morgan fingerprint density at radius 3 is 2.39 bits per heavy atom. The van der Waals surface area contributed by atoms with Crippen molar-refractivity contribution in [2.24, 2.45) is 0 Å². The van der Waals surface area contributed by atoms with Gasteiger partial charge in [-0.15, -0.1) is 4.09 Å². The molecule has 2 aliphatic heterocycles. The second-order valence-electron chi connectivity index (χ2n) is 7.96. The molecule has 0 unspecified atom stereocenters. The van der Waals surface area contributed by atoms with E-state index in [9.17, 15) is 17.9 Å². The molecule has 2 saturated heterocycles. The summed E-state index contributed by atoms with van der Waals surface area (Å²) in [7, 11) is -3.86. The fourth-order valence-corrected chi connectivity index (χ4v) is 5.43. The van der Waals surface area contributed by atoms with Gasteiger partial charge in [0, 0.05) is 29.9 Å². The van der Waals surface area contributed by atoms with Crippen LogP contribution in [0.5, 0.6) is 0 Å². The van der Waals surface area contributed by atoms with Crippen molar-refractivity contribution < 1.29 is 22.7 Å². The van der Waals surface area contributed by atoms with Crippen molar-refractivity contribution in [3.05, 3.63) is 54.0 Å². The highest BCUT2D eigenvalue weighted by Gasteiger charge is 2.34. The molecule has 1 aromatic heterocycles.